The number of carbonyl (C=O) groups is 2. The fraction of sp³-hybridized carbons (Fsp3) is 0.486. The van der Waals surface area contributed by atoms with Crippen LogP contribution < -0.4 is 0 Å². The summed E-state index contributed by atoms with van der Waals surface area (Å²) < 4.78 is 19.6. The molecule has 0 radical (unpaired) electrons. The number of furan rings is 1. The van der Waals surface area contributed by atoms with E-state index in [1.54, 1.807) is 12.0 Å². The molecule has 43 heavy (non-hydrogen) atoms. The van der Waals surface area contributed by atoms with Crippen LogP contribution >= 0.6 is 0 Å². The van der Waals surface area contributed by atoms with E-state index in [2.05, 4.69) is 46.0 Å². The Balaban J connectivity index is 1.31. The Hall–Kier alpha value is -3.78. The monoisotopic (exact) mass is 585 g/mol. The standard InChI is InChI=1S/C35H43N3O5/c1-35(2,3)43-34(40)37-18-16-28(32-20-24-10-5-8-13-31(24)42-32)29(23-37)33(39)38(26-14-15-26)22-25-21-36(17-9-19-41-4)30-12-7-6-11-27(25)30/h5-8,10-13,20-21,26,28-29H,9,14-19,22-23H2,1-4H3/t28-,29-/m0/s1. The van der Waals surface area contributed by atoms with Crippen molar-refractivity contribution < 1.29 is 23.5 Å². The van der Waals surface area contributed by atoms with Gasteiger partial charge in [-0.2, -0.15) is 0 Å². The van der Waals surface area contributed by atoms with Gasteiger partial charge in [-0.1, -0.05) is 36.4 Å². The van der Waals surface area contributed by atoms with Crippen molar-refractivity contribution in [3.05, 3.63) is 72.1 Å². The molecule has 228 valence electrons. The summed E-state index contributed by atoms with van der Waals surface area (Å²) in [5, 5.41) is 2.20. The number of hydrogen-bond acceptors (Lipinski definition) is 5. The molecule has 1 aliphatic heterocycles. The molecule has 0 spiro atoms. The van der Waals surface area contributed by atoms with Crippen LogP contribution in [0.5, 0.6) is 0 Å². The van der Waals surface area contributed by atoms with Crippen molar-refractivity contribution in [3.8, 4) is 0 Å². The van der Waals surface area contributed by atoms with E-state index in [4.69, 9.17) is 13.9 Å². The fourth-order valence-corrected chi connectivity index (χ4v) is 6.40. The van der Waals surface area contributed by atoms with Crippen LogP contribution in [0.3, 0.4) is 0 Å². The third-order valence-corrected chi connectivity index (χ3v) is 8.62. The lowest BCUT2D eigenvalue weighted by Crippen LogP contribution is -2.51. The highest BCUT2D eigenvalue weighted by Crippen LogP contribution is 2.40. The number of aryl methyl sites for hydroxylation is 1. The SMILES string of the molecule is COCCCn1cc(CN(C(=O)[C@H]2CN(C(=O)OC(C)(C)C)CC[C@@H]2c2cc3ccccc3o2)C2CC2)c2ccccc21. The minimum absolute atomic E-state index is 0.0810. The number of hydrogen-bond donors (Lipinski definition) is 0. The summed E-state index contributed by atoms with van der Waals surface area (Å²) in [7, 11) is 1.73. The highest BCUT2D eigenvalue weighted by atomic mass is 16.6. The van der Waals surface area contributed by atoms with Gasteiger partial charge in [-0.3, -0.25) is 4.79 Å². The summed E-state index contributed by atoms with van der Waals surface area (Å²) in [6.45, 7) is 8.52. The average molecular weight is 586 g/mol. The number of piperidine rings is 1. The van der Waals surface area contributed by atoms with Gasteiger partial charge in [0.15, 0.2) is 0 Å². The highest BCUT2D eigenvalue weighted by molar-refractivity contribution is 5.86. The van der Waals surface area contributed by atoms with E-state index in [9.17, 15) is 9.59 Å². The van der Waals surface area contributed by atoms with Crippen molar-refractivity contribution in [3.63, 3.8) is 0 Å². The summed E-state index contributed by atoms with van der Waals surface area (Å²) in [6, 6.07) is 18.6. The maximum absolute atomic E-state index is 14.7. The molecule has 4 aromatic rings. The van der Waals surface area contributed by atoms with E-state index in [1.807, 2.05) is 45.0 Å². The number of amides is 2. The molecular formula is C35H43N3O5. The van der Waals surface area contributed by atoms with E-state index in [1.165, 1.54) is 10.9 Å². The molecule has 6 rings (SSSR count). The van der Waals surface area contributed by atoms with Crippen LogP contribution in [0.1, 0.15) is 63.7 Å². The first-order chi connectivity index (χ1) is 20.7. The lowest BCUT2D eigenvalue weighted by atomic mass is 9.82. The predicted octanol–water partition coefficient (Wildman–Crippen LogP) is 6.96. The van der Waals surface area contributed by atoms with Crippen LogP contribution in [0.25, 0.3) is 21.9 Å². The van der Waals surface area contributed by atoms with Crippen LogP contribution in [0.2, 0.25) is 0 Å². The van der Waals surface area contributed by atoms with E-state index in [0.717, 1.165) is 48.1 Å². The van der Waals surface area contributed by atoms with Gasteiger partial charge in [0.25, 0.3) is 0 Å². The molecule has 1 aliphatic carbocycles. The second-order valence-corrected chi connectivity index (χ2v) is 13.0. The van der Waals surface area contributed by atoms with Gasteiger partial charge in [0.05, 0.1) is 5.92 Å². The number of fused-ring (bicyclic) bond motifs is 2. The smallest absolute Gasteiger partial charge is 0.410 e. The lowest BCUT2D eigenvalue weighted by molar-refractivity contribution is -0.139. The molecular weight excluding hydrogens is 542 g/mol. The minimum atomic E-state index is -0.607. The zero-order chi connectivity index (χ0) is 30.1. The third-order valence-electron chi connectivity index (χ3n) is 8.62. The van der Waals surface area contributed by atoms with Crippen LogP contribution in [0.15, 0.2) is 65.2 Å². The first-order valence-electron chi connectivity index (χ1n) is 15.5. The largest absolute Gasteiger partial charge is 0.461 e. The molecule has 2 atom stereocenters. The first kappa shape index (κ1) is 29.3. The molecule has 1 saturated carbocycles. The third kappa shape index (κ3) is 6.44. The number of methoxy groups -OCH3 is 1. The maximum atomic E-state index is 14.7. The summed E-state index contributed by atoms with van der Waals surface area (Å²) >= 11 is 0. The normalized spacial score (nSPS) is 19.2. The second-order valence-electron chi connectivity index (χ2n) is 13.0. The predicted molar refractivity (Wildman–Crippen MR) is 167 cm³/mol. The number of nitrogens with zero attached hydrogens (tertiary/aromatic N) is 3. The summed E-state index contributed by atoms with van der Waals surface area (Å²) in [6.07, 6.45) is 5.37. The van der Waals surface area contributed by atoms with Crippen LogP contribution in [0.4, 0.5) is 4.79 Å². The maximum Gasteiger partial charge on any atom is 0.410 e. The summed E-state index contributed by atoms with van der Waals surface area (Å²) in [5.74, 6) is 0.332. The number of rotatable bonds is 9. The lowest BCUT2D eigenvalue weighted by Gasteiger charge is -2.39. The Morgan fingerprint density at radius 3 is 2.56 bits per heavy atom. The van der Waals surface area contributed by atoms with Crippen LogP contribution in [-0.2, 0) is 27.4 Å². The molecule has 0 bridgehead atoms. The Morgan fingerprint density at radius 2 is 1.81 bits per heavy atom. The van der Waals surface area contributed by atoms with Crippen LogP contribution in [0, 0.1) is 5.92 Å². The molecule has 8 nitrogen and oxygen atoms in total. The van der Waals surface area contributed by atoms with Gasteiger partial charge in [0.2, 0.25) is 5.91 Å². The topological polar surface area (TPSA) is 77.2 Å². The Bertz CT molecular complexity index is 1560. The molecule has 0 unspecified atom stereocenters. The molecule has 8 heteroatoms. The molecule has 0 N–H and O–H groups in total. The molecule has 2 fully saturated rings. The van der Waals surface area contributed by atoms with Crippen molar-refractivity contribution in [2.45, 2.75) is 77.1 Å². The van der Waals surface area contributed by atoms with Gasteiger partial charge in [-0.15, -0.1) is 0 Å². The summed E-state index contributed by atoms with van der Waals surface area (Å²) in [4.78, 5) is 31.6. The quantitative estimate of drug-likeness (QED) is 0.199. The molecule has 2 aromatic carbocycles. The number of benzene rings is 2. The van der Waals surface area contributed by atoms with Crippen molar-refractivity contribution >= 4 is 33.9 Å². The van der Waals surface area contributed by atoms with E-state index < -0.39 is 11.5 Å². The number of para-hydroxylation sites is 2. The van der Waals surface area contributed by atoms with Crippen molar-refractivity contribution in [1.29, 1.82) is 0 Å². The minimum Gasteiger partial charge on any atom is -0.461 e. The average Bonchev–Trinajstić information content (AvgIpc) is 3.64. The zero-order valence-corrected chi connectivity index (χ0v) is 25.8. The Labute approximate surface area is 253 Å². The number of ether oxygens (including phenoxy) is 2. The highest BCUT2D eigenvalue weighted by Gasteiger charge is 2.44. The number of aromatic nitrogens is 1. The zero-order valence-electron chi connectivity index (χ0n) is 25.8. The van der Waals surface area contributed by atoms with Crippen LogP contribution in [-0.4, -0.2) is 64.8 Å². The summed E-state index contributed by atoms with van der Waals surface area (Å²) in [5.41, 5.74) is 2.53. The van der Waals surface area contributed by atoms with E-state index >= 15 is 0 Å². The van der Waals surface area contributed by atoms with E-state index in [-0.39, 0.29) is 24.0 Å². The van der Waals surface area contributed by atoms with Crippen molar-refractivity contribution in [2.75, 3.05) is 26.8 Å². The second kappa shape index (κ2) is 12.1. The van der Waals surface area contributed by atoms with Gasteiger partial charge < -0.3 is 28.3 Å². The first-order valence-corrected chi connectivity index (χ1v) is 15.5. The number of likely N-dealkylation sites (tertiary alicyclic amines) is 1. The molecule has 2 aromatic heterocycles. The Kier molecular flexibility index (Phi) is 8.23. The van der Waals surface area contributed by atoms with Crippen molar-refractivity contribution in [2.24, 2.45) is 5.92 Å². The fourth-order valence-electron chi connectivity index (χ4n) is 6.40. The van der Waals surface area contributed by atoms with Gasteiger partial charge in [0.1, 0.15) is 16.9 Å². The van der Waals surface area contributed by atoms with Gasteiger partial charge in [0, 0.05) is 74.3 Å². The Morgan fingerprint density at radius 1 is 1.05 bits per heavy atom. The molecule has 2 amide bonds. The molecule has 2 aliphatic rings. The van der Waals surface area contributed by atoms with Gasteiger partial charge in [-0.05, 0) is 70.2 Å². The van der Waals surface area contributed by atoms with Gasteiger partial charge >= 0.3 is 6.09 Å². The van der Waals surface area contributed by atoms with Crippen molar-refractivity contribution in [1.82, 2.24) is 14.4 Å². The van der Waals surface area contributed by atoms with E-state index in [0.29, 0.717) is 32.7 Å². The molecule has 3 heterocycles. The molecule has 1 saturated heterocycles. The van der Waals surface area contributed by atoms with Gasteiger partial charge in [-0.25, -0.2) is 4.79 Å². The number of carbonyl (C=O) groups excluding carboxylic acids is 2.